The quantitative estimate of drug-likeness (QED) is 0.685. The maximum atomic E-state index is 12.2. The Bertz CT molecular complexity index is 344. The molecule has 0 aromatic carbocycles. The molecule has 0 bridgehead atoms. The van der Waals surface area contributed by atoms with Crippen LogP contribution >= 0.6 is 11.8 Å². The van der Waals surface area contributed by atoms with Gasteiger partial charge in [-0.25, -0.2) is 0 Å². The molecule has 2 amide bonds. The van der Waals surface area contributed by atoms with Gasteiger partial charge < -0.3 is 9.80 Å². The van der Waals surface area contributed by atoms with E-state index < -0.39 is 0 Å². The smallest absolute Gasteiger partial charge is 0.240 e. The van der Waals surface area contributed by atoms with Gasteiger partial charge in [0.2, 0.25) is 11.8 Å². The Morgan fingerprint density at radius 3 is 3.06 bits per heavy atom. The maximum absolute atomic E-state index is 12.2. The van der Waals surface area contributed by atoms with Gasteiger partial charge in [-0.3, -0.25) is 14.9 Å². The van der Waals surface area contributed by atoms with Crippen molar-refractivity contribution in [2.45, 2.75) is 24.9 Å². The zero-order valence-corrected chi connectivity index (χ0v) is 10.5. The molecule has 3 rings (SSSR count). The molecule has 0 aromatic rings. The third kappa shape index (κ3) is 2.04. The summed E-state index contributed by atoms with van der Waals surface area (Å²) in [7, 11) is 0. The molecule has 3 heterocycles. The average Bonchev–Trinajstić information content (AvgIpc) is 2.98. The van der Waals surface area contributed by atoms with E-state index in [1.807, 2.05) is 9.80 Å². The van der Waals surface area contributed by atoms with Gasteiger partial charge in [-0.2, -0.15) is 0 Å². The Labute approximate surface area is 105 Å². The van der Waals surface area contributed by atoms with Crippen LogP contribution < -0.4 is 5.32 Å². The summed E-state index contributed by atoms with van der Waals surface area (Å²) in [6, 6.07) is 0.262. The summed E-state index contributed by atoms with van der Waals surface area (Å²) in [6.07, 6.45) is 1.57. The lowest BCUT2D eigenvalue weighted by molar-refractivity contribution is -0.139. The molecule has 2 unspecified atom stereocenters. The van der Waals surface area contributed by atoms with Crippen LogP contribution in [0.15, 0.2) is 0 Å². The number of nitrogens with one attached hydrogen (secondary N) is 1. The molecule has 3 saturated heterocycles. The van der Waals surface area contributed by atoms with Crippen molar-refractivity contribution in [3.05, 3.63) is 0 Å². The number of nitrogens with zero attached hydrogens (tertiary/aromatic N) is 2. The van der Waals surface area contributed by atoms with Crippen molar-refractivity contribution in [2.75, 3.05) is 31.3 Å². The number of thioether (sulfide) groups is 1. The Morgan fingerprint density at radius 1 is 1.41 bits per heavy atom. The molecule has 2 atom stereocenters. The van der Waals surface area contributed by atoms with Gasteiger partial charge in [0.15, 0.2) is 0 Å². The van der Waals surface area contributed by atoms with Crippen LogP contribution in [-0.2, 0) is 9.59 Å². The lowest BCUT2D eigenvalue weighted by Crippen LogP contribution is -2.56. The number of hydrogen-bond acceptors (Lipinski definition) is 4. The minimum atomic E-state index is -0.0105. The van der Waals surface area contributed by atoms with E-state index in [-0.39, 0.29) is 23.9 Å². The molecule has 94 valence electrons. The van der Waals surface area contributed by atoms with E-state index in [2.05, 4.69) is 5.32 Å². The van der Waals surface area contributed by atoms with Gasteiger partial charge in [-0.1, -0.05) is 0 Å². The van der Waals surface area contributed by atoms with Gasteiger partial charge in [0.05, 0.1) is 6.04 Å². The Morgan fingerprint density at radius 2 is 2.29 bits per heavy atom. The standard InChI is InChI=1S/C11H17N3O2S/c15-10-2-1-8-5-13(3-4-14(8)10)11(16)9-6-17-7-12-9/h8-9,12H,1-7H2. The minimum absolute atomic E-state index is 0.0105. The molecule has 3 aliphatic rings. The Balaban J connectivity index is 1.62. The summed E-state index contributed by atoms with van der Waals surface area (Å²) in [6.45, 7) is 2.15. The zero-order chi connectivity index (χ0) is 11.8. The molecular formula is C11H17N3O2S. The molecular weight excluding hydrogens is 238 g/mol. The zero-order valence-electron chi connectivity index (χ0n) is 9.72. The Kier molecular flexibility index (Phi) is 3.00. The number of amides is 2. The van der Waals surface area contributed by atoms with Crippen LogP contribution in [0.4, 0.5) is 0 Å². The van der Waals surface area contributed by atoms with Gasteiger partial charge in [-0.15, -0.1) is 11.8 Å². The van der Waals surface area contributed by atoms with Gasteiger partial charge >= 0.3 is 0 Å². The number of carbonyl (C=O) groups excluding carboxylic acids is 2. The topological polar surface area (TPSA) is 52.7 Å². The second kappa shape index (κ2) is 4.49. The summed E-state index contributed by atoms with van der Waals surface area (Å²) in [5, 5.41) is 3.21. The van der Waals surface area contributed by atoms with Crippen molar-refractivity contribution in [1.82, 2.24) is 15.1 Å². The van der Waals surface area contributed by atoms with E-state index in [0.29, 0.717) is 13.0 Å². The average molecular weight is 255 g/mol. The second-order valence-corrected chi connectivity index (χ2v) is 5.87. The first kappa shape index (κ1) is 11.3. The fourth-order valence-electron chi connectivity index (χ4n) is 2.84. The molecule has 5 nitrogen and oxygen atoms in total. The van der Waals surface area contributed by atoms with Crippen molar-refractivity contribution in [3.8, 4) is 0 Å². The van der Waals surface area contributed by atoms with Crippen LogP contribution in [0, 0.1) is 0 Å². The first-order valence-corrected chi connectivity index (χ1v) is 7.30. The summed E-state index contributed by atoms with van der Waals surface area (Å²) in [5.74, 6) is 2.23. The van der Waals surface area contributed by atoms with Gasteiger partial charge in [0, 0.05) is 43.7 Å². The SMILES string of the molecule is O=C(C1CSCN1)N1CCN2C(=O)CCC2C1. The largest absolute Gasteiger partial charge is 0.337 e. The highest BCUT2D eigenvalue weighted by Crippen LogP contribution is 2.23. The van der Waals surface area contributed by atoms with Crippen molar-refractivity contribution in [1.29, 1.82) is 0 Å². The highest BCUT2D eigenvalue weighted by atomic mass is 32.2. The number of piperazine rings is 1. The predicted molar refractivity (Wildman–Crippen MR) is 65.6 cm³/mol. The van der Waals surface area contributed by atoms with Gasteiger partial charge in [0.1, 0.15) is 0 Å². The monoisotopic (exact) mass is 255 g/mol. The van der Waals surface area contributed by atoms with E-state index >= 15 is 0 Å². The highest BCUT2D eigenvalue weighted by Gasteiger charge is 2.38. The fraction of sp³-hybridized carbons (Fsp3) is 0.818. The summed E-state index contributed by atoms with van der Waals surface area (Å²) >= 11 is 1.77. The first-order valence-electron chi connectivity index (χ1n) is 6.15. The number of hydrogen-bond donors (Lipinski definition) is 1. The summed E-state index contributed by atoms with van der Waals surface area (Å²) < 4.78 is 0. The minimum Gasteiger partial charge on any atom is -0.337 e. The molecule has 0 radical (unpaired) electrons. The summed E-state index contributed by atoms with van der Waals surface area (Å²) in [5.41, 5.74) is 0. The van der Waals surface area contributed by atoms with Crippen LogP contribution in [0.2, 0.25) is 0 Å². The summed E-state index contributed by atoms with van der Waals surface area (Å²) in [4.78, 5) is 27.6. The molecule has 0 aromatic heterocycles. The van der Waals surface area contributed by atoms with Crippen LogP contribution in [0.25, 0.3) is 0 Å². The Hall–Kier alpha value is -0.750. The van der Waals surface area contributed by atoms with Crippen LogP contribution in [0.3, 0.4) is 0 Å². The van der Waals surface area contributed by atoms with Crippen LogP contribution in [0.1, 0.15) is 12.8 Å². The van der Waals surface area contributed by atoms with Gasteiger partial charge in [0.25, 0.3) is 0 Å². The predicted octanol–water partition coefficient (Wildman–Crippen LogP) is -0.518. The lowest BCUT2D eigenvalue weighted by Gasteiger charge is -2.38. The lowest BCUT2D eigenvalue weighted by atomic mass is 10.1. The number of carbonyl (C=O) groups is 2. The van der Waals surface area contributed by atoms with Crippen molar-refractivity contribution >= 4 is 23.6 Å². The number of fused-ring (bicyclic) bond motifs is 1. The van der Waals surface area contributed by atoms with Crippen LogP contribution in [0.5, 0.6) is 0 Å². The molecule has 0 saturated carbocycles. The van der Waals surface area contributed by atoms with E-state index in [1.54, 1.807) is 11.8 Å². The molecule has 1 N–H and O–H groups in total. The van der Waals surface area contributed by atoms with Crippen molar-refractivity contribution in [3.63, 3.8) is 0 Å². The van der Waals surface area contributed by atoms with Gasteiger partial charge in [-0.05, 0) is 6.42 Å². The third-order valence-electron chi connectivity index (χ3n) is 3.82. The second-order valence-electron chi connectivity index (χ2n) is 4.84. The van der Waals surface area contributed by atoms with E-state index in [9.17, 15) is 9.59 Å². The molecule has 0 spiro atoms. The molecule has 3 aliphatic heterocycles. The molecule has 3 fully saturated rings. The maximum Gasteiger partial charge on any atom is 0.240 e. The van der Waals surface area contributed by atoms with Crippen molar-refractivity contribution < 1.29 is 9.59 Å². The molecule has 17 heavy (non-hydrogen) atoms. The van der Waals surface area contributed by atoms with E-state index in [4.69, 9.17) is 0 Å². The normalized spacial score (nSPS) is 33.1. The van der Waals surface area contributed by atoms with Crippen LogP contribution in [-0.4, -0.2) is 65.0 Å². The first-order chi connectivity index (χ1) is 8.25. The van der Waals surface area contributed by atoms with Crippen molar-refractivity contribution in [2.24, 2.45) is 0 Å². The highest BCUT2D eigenvalue weighted by molar-refractivity contribution is 7.99. The van der Waals surface area contributed by atoms with E-state index in [0.717, 1.165) is 31.1 Å². The fourth-order valence-corrected chi connectivity index (χ4v) is 3.77. The third-order valence-corrected chi connectivity index (χ3v) is 4.76. The number of rotatable bonds is 1. The molecule has 0 aliphatic carbocycles. The molecule has 6 heteroatoms. The van der Waals surface area contributed by atoms with E-state index in [1.165, 1.54) is 0 Å².